The van der Waals surface area contributed by atoms with Crippen molar-refractivity contribution < 1.29 is 19.5 Å². The molecule has 1 aliphatic heterocycles. The molecular weight excluding hydrogens is 466 g/mol. The zero-order valence-electron chi connectivity index (χ0n) is 16.2. The molecule has 1 saturated carbocycles. The number of anilines is 1. The number of hydrogen-bond acceptors (Lipinski definition) is 5. The highest BCUT2D eigenvalue weighted by Gasteiger charge is 2.56. The van der Waals surface area contributed by atoms with E-state index in [0.29, 0.717) is 33.8 Å². The van der Waals surface area contributed by atoms with E-state index in [2.05, 4.69) is 31.2 Å². The number of carboxylic acids is 1. The number of piperidine rings is 1. The first-order valence-electron chi connectivity index (χ1n) is 9.83. The molecule has 9 nitrogen and oxygen atoms in total. The summed E-state index contributed by atoms with van der Waals surface area (Å²) in [7, 11) is 0. The Hall–Kier alpha value is -3.27. The number of aromatic carboxylic acids is 1. The van der Waals surface area contributed by atoms with Gasteiger partial charge in [0.1, 0.15) is 28.7 Å². The van der Waals surface area contributed by atoms with Crippen LogP contribution in [0.15, 0.2) is 47.3 Å². The van der Waals surface area contributed by atoms with Crippen molar-refractivity contribution in [2.24, 2.45) is 5.92 Å². The molecule has 2 N–H and O–H groups in total. The highest BCUT2D eigenvalue weighted by Crippen LogP contribution is 2.48. The number of carboxylic acid groups (broad SMARTS) is 1. The second kappa shape index (κ2) is 7.45. The monoisotopic (exact) mass is 483 g/mol. The molecule has 2 aliphatic rings. The van der Waals surface area contributed by atoms with Gasteiger partial charge >= 0.3 is 5.97 Å². The SMILES string of the molecule is O=C(O)c1cnc2c(ccn2CC(=O)N2[C@@H]3CC3C[C@H]2C(=O)Nc2cccc(Br)n2)c1. The summed E-state index contributed by atoms with van der Waals surface area (Å²) >= 11 is 3.28. The second-order valence-electron chi connectivity index (χ2n) is 7.84. The van der Waals surface area contributed by atoms with Gasteiger partial charge in [-0.3, -0.25) is 9.59 Å². The van der Waals surface area contributed by atoms with Crippen molar-refractivity contribution in [3.8, 4) is 0 Å². The van der Waals surface area contributed by atoms with Crippen molar-refractivity contribution >= 4 is 50.6 Å². The van der Waals surface area contributed by atoms with Crippen molar-refractivity contribution in [1.82, 2.24) is 19.4 Å². The summed E-state index contributed by atoms with van der Waals surface area (Å²) in [5.41, 5.74) is 0.624. The van der Waals surface area contributed by atoms with E-state index < -0.39 is 12.0 Å². The summed E-state index contributed by atoms with van der Waals surface area (Å²) < 4.78 is 2.30. The zero-order chi connectivity index (χ0) is 21.7. The fourth-order valence-corrected chi connectivity index (χ4v) is 4.63. The lowest BCUT2D eigenvalue weighted by Gasteiger charge is -2.27. The summed E-state index contributed by atoms with van der Waals surface area (Å²) in [6, 6.07) is 8.06. The van der Waals surface area contributed by atoms with E-state index in [-0.39, 0.29) is 30.0 Å². The quantitative estimate of drug-likeness (QED) is 0.538. The molecule has 0 bridgehead atoms. The van der Waals surface area contributed by atoms with Crippen LogP contribution in [-0.2, 0) is 16.1 Å². The van der Waals surface area contributed by atoms with Crippen LogP contribution in [0.5, 0.6) is 0 Å². The first kappa shape index (κ1) is 19.7. The van der Waals surface area contributed by atoms with Gasteiger partial charge in [-0.15, -0.1) is 0 Å². The van der Waals surface area contributed by atoms with Gasteiger partial charge in [0.15, 0.2) is 0 Å². The van der Waals surface area contributed by atoms with Gasteiger partial charge in [-0.2, -0.15) is 0 Å². The minimum Gasteiger partial charge on any atom is -0.478 e. The smallest absolute Gasteiger partial charge is 0.337 e. The van der Waals surface area contributed by atoms with Crippen LogP contribution < -0.4 is 5.32 Å². The molecule has 0 radical (unpaired) electrons. The normalized spacial score (nSPS) is 21.7. The van der Waals surface area contributed by atoms with Crippen molar-refractivity contribution in [2.45, 2.75) is 31.5 Å². The van der Waals surface area contributed by atoms with Crippen molar-refractivity contribution in [3.63, 3.8) is 0 Å². The zero-order valence-corrected chi connectivity index (χ0v) is 17.8. The number of carbonyl (C=O) groups is 3. The number of nitrogens with zero attached hydrogens (tertiary/aromatic N) is 4. The lowest BCUT2D eigenvalue weighted by Crippen LogP contribution is -2.46. The molecule has 158 valence electrons. The topological polar surface area (TPSA) is 117 Å². The van der Waals surface area contributed by atoms with Crippen molar-refractivity contribution in [1.29, 1.82) is 0 Å². The number of likely N-dealkylation sites (tertiary alicyclic amines) is 1. The van der Waals surface area contributed by atoms with E-state index in [4.69, 9.17) is 5.11 Å². The molecule has 1 aliphatic carbocycles. The van der Waals surface area contributed by atoms with E-state index in [1.54, 1.807) is 39.9 Å². The van der Waals surface area contributed by atoms with Crippen molar-refractivity contribution in [3.05, 3.63) is 52.9 Å². The van der Waals surface area contributed by atoms with Crippen LogP contribution in [0.4, 0.5) is 5.82 Å². The predicted octanol–water partition coefficient (Wildman–Crippen LogP) is 2.52. The fraction of sp³-hybridized carbons (Fsp3) is 0.286. The number of rotatable bonds is 5. The largest absolute Gasteiger partial charge is 0.478 e. The summed E-state index contributed by atoms with van der Waals surface area (Å²) in [6.07, 6.45) is 4.54. The van der Waals surface area contributed by atoms with Crippen LogP contribution in [0, 0.1) is 5.92 Å². The third-order valence-electron chi connectivity index (χ3n) is 5.82. The molecule has 2 amide bonds. The molecule has 3 aromatic rings. The van der Waals surface area contributed by atoms with Crippen LogP contribution >= 0.6 is 15.9 Å². The first-order chi connectivity index (χ1) is 14.9. The molecule has 1 unspecified atom stereocenters. The molecular formula is C21H18BrN5O4. The first-order valence-corrected chi connectivity index (χ1v) is 10.6. The number of hydrogen-bond donors (Lipinski definition) is 2. The number of aromatic nitrogens is 3. The van der Waals surface area contributed by atoms with E-state index in [0.717, 1.165) is 6.42 Å². The van der Waals surface area contributed by atoms with E-state index in [1.165, 1.54) is 12.3 Å². The van der Waals surface area contributed by atoms with Crippen LogP contribution in [0.3, 0.4) is 0 Å². The Morgan fingerprint density at radius 2 is 2.06 bits per heavy atom. The minimum absolute atomic E-state index is 0.0328. The van der Waals surface area contributed by atoms with Crippen molar-refractivity contribution in [2.75, 3.05) is 5.32 Å². The van der Waals surface area contributed by atoms with E-state index in [9.17, 15) is 14.4 Å². The van der Waals surface area contributed by atoms with Gasteiger partial charge in [-0.1, -0.05) is 6.07 Å². The molecule has 31 heavy (non-hydrogen) atoms. The summed E-state index contributed by atoms with van der Waals surface area (Å²) in [6.45, 7) is 0.0328. The molecule has 4 heterocycles. The minimum atomic E-state index is -1.05. The predicted molar refractivity (Wildman–Crippen MR) is 114 cm³/mol. The second-order valence-corrected chi connectivity index (χ2v) is 8.65. The average Bonchev–Trinajstić information content (AvgIpc) is 3.21. The standard InChI is InChI=1S/C21H18BrN5O4/c22-16-2-1-3-17(24-16)25-20(29)15-8-12-7-14(12)27(15)18(28)10-26-5-4-11-6-13(21(30)31)9-23-19(11)26/h1-6,9,12,14-15H,7-8,10H2,(H,30,31)(H,24,25,29)/t12?,14-,15+/m1/s1. The van der Waals surface area contributed by atoms with E-state index in [1.807, 2.05) is 0 Å². The summed E-state index contributed by atoms with van der Waals surface area (Å²) in [5.74, 6) is -0.666. The van der Waals surface area contributed by atoms with Crippen LogP contribution in [-0.4, -0.2) is 54.4 Å². The Bertz CT molecular complexity index is 1230. The third-order valence-corrected chi connectivity index (χ3v) is 6.26. The van der Waals surface area contributed by atoms with Gasteiger partial charge in [-0.05, 0) is 59.0 Å². The molecule has 3 atom stereocenters. The molecule has 0 spiro atoms. The van der Waals surface area contributed by atoms with Crippen LogP contribution in [0.25, 0.3) is 11.0 Å². The number of pyridine rings is 2. The summed E-state index contributed by atoms with van der Waals surface area (Å²) in [5, 5.41) is 12.6. The molecule has 2 fully saturated rings. The maximum absolute atomic E-state index is 13.2. The van der Waals surface area contributed by atoms with Crippen LogP contribution in [0.2, 0.25) is 0 Å². The Morgan fingerprint density at radius 3 is 2.84 bits per heavy atom. The van der Waals surface area contributed by atoms with Gasteiger partial charge in [0.25, 0.3) is 0 Å². The number of halogens is 1. The molecule has 10 heteroatoms. The maximum Gasteiger partial charge on any atom is 0.337 e. The van der Waals surface area contributed by atoms with Gasteiger partial charge in [0.2, 0.25) is 11.8 Å². The highest BCUT2D eigenvalue weighted by atomic mass is 79.9. The molecule has 1 saturated heterocycles. The van der Waals surface area contributed by atoms with E-state index >= 15 is 0 Å². The summed E-state index contributed by atoms with van der Waals surface area (Å²) in [4.78, 5) is 47.3. The Morgan fingerprint density at radius 1 is 1.23 bits per heavy atom. The number of carbonyl (C=O) groups excluding carboxylic acids is 2. The Kier molecular flexibility index (Phi) is 4.73. The van der Waals surface area contributed by atoms with Gasteiger partial charge < -0.3 is 19.9 Å². The lowest BCUT2D eigenvalue weighted by molar-refractivity contribution is -0.138. The number of amides is 2. The van der Waals surface area contributed by atoms with Gasteiger partial charge in [0, 0.05) is 23.8 Å². The lowest BCUT2D eigenvalue weighted by atomic mass is 10.1. The number of nitrogens with one attached hydrogen (secondary N) is 1. The maximum atomic E-state index is 13.2. The fourth-order valence-electron chi connectivity index (χ4n) is 4.29. The average molecular weight is 484 g/mol. The molecule has 3 aromatic heterocycles. The Labute approximate surface area is 185 Å². The highest BCUT2D eigenvalue weighted by molar-refractivity contribution is 9.10. The number of fused-ring (bicyclic) bond motifs is 2. The van der Waals surface area contributed by atoms with Gasteiger partial charge in [0.05, 0.1) is 5.56 Å². The molecule has 5 rings (SSSR count). The molecule has 0 aromatic carbocycles. The third kappa shape index (κ3) is 3.67. The van der Waals surface area contributed by atoms with Gasteiger partial charge in [-0.25, -0.2) is 14.8 Å². The van der Waals surface area contributed by atoms with Crippen LogP contribution in [0.1, 0.15) is 23.2 Å². The Balaban J connectivity index is 1.34.